The van der Waals surface area contributed by atoms with E-state index in [2.05, 4.69) is 0 Å². The maximum Gasteiger partial charge on any atom is 0.306 e. The van der Waals surface area contributed by atoms with Gasteiger partial charge in [0.05, 0.1) is 29.5 Å². The molecule has 144 valence electrons. The van der Waals surface area contributed by atoms with Crippen LogP contribution in [0.25, 0.3) is 10.9 Å². The van der Waals surface area contributed by atoms with Gasteiger partial charge in [-0.15, -0.1) is 0 Å². The number of nitrogens with zero attached hydrogens (tertiary/aromatic N) is 1. The highest BCUT2D eigenvalue weighted by Gasteiger charge is 2.26. The average Bonchev–Trinajstić information content (AvgIpc) is 2.94. The Morgan fingerprint density at radius 1 is 1.07 bits per heavy atom. The highest BCUT2D eigenvalue weighted by atomic mass is 16.5. The van der Waals surface area contributed by atoms with Crippen molar-refractivity contribution < 1.29 is 24.2 Å². The van der Waals surface area contributed by atoms with Crippen molar-refractivity contribution in [1.82, 2.24) is 4.57 Å². The molecule has 0 spiro atoms. The second-order valence-corrected chi connectivity index (χ2v) is 6.37. The number of hydrogen-bond donors (Lipinski definition) is 2. The molecule has 7 nitrogen and oxygen atoms in total. The Morgan fingerprint density at radius 3 is 2.43 bits per heavy atom. The van der Waals surface area contributed by atoms with Crippen molar-refractivity contribution >= 4 is 28.6 Å². The fraction of sp³-hybridized carbons (Fsp3) is 0.190. The summed E-state index contributed by atoms with van der Waals surface area (Å²) in [6.45, 7) is 2.19. The largest absolute Gasteiger partial charge is 0.492 e. The summed E-state index contributed by atoms with van der Waals surface area (Å²) in [6.07, 6.45) is -0.181. The molecule has 0 aliphatic carbocycles. The van der Waals surface area contributed by atoms with Gasteiger partial charge in [0, 0.05) is 12.2 Å². The third-order valence-corrected chi connectivity index (χ3v) is 4.52. The van der Waals surface area contributed by atoms with Gasteiger partial charge in [-0.2, -0.15) is 0 Å². The second kappa shape index (κ2) is 7.96. The van der Waals surface area contributed by atoms with Gasteiger partial charge in [0.1, 0.15) is 5.75 Å². The zero-order valence-electron chi connectivity index (χ0n) is 15.3. The molecular weight excluding hydrogens is 360 g/mol. The van der Waals surface area contributed by atoms with Gasteiger partial charge in [0.2, 0.25) is 0 Å². The number of carbonyl (C=O) groups excluding carboxylic acids is 2. The van der Waals surface area contributed by atoms with Crippen LogP contribution in [0, 0.1) is 6.92 Å². The minimum absolute atomic E-state index is 0.0540. The molecule has 3 N–H and O–H groups in total. The highest BCUT2D eigenvalue weighted by molar-refractivity contribution is 6.45. The number of carbonyl (C=O) groups is 3. The molecule has 28 heavy (non-hydrogen) atoms. The molecule has 0 bridgehead atoms. The third-order valence-electron chi connectivity index (χ3n) is 4.52. The summed E-state index contributed by atoms with van der Waals surface area (Å²) < 4.78 is 7.54. The summed E-state index contributed by atoms with van der Waals surface area (Å²) in [4.78, 5) is 34.9. The average molecular weight is 380 g/mol. The first-order valence-electron chi connectivity index (χ1n) is 8.74. The lowest BCUT2D eigenvalue weighted by atomic mass is 10.1. The Balaban J connectivity index is 2.16. The molecule has 0 fully saturated rings. The minimum Gasteiger partial charge on any atom is -0.492 e. The Morgan fingerprint density at radius 2 is 1.79 bits per heavy atom. The van der Waals surface area contributed by atoms with Crippen molar-refractivity contribution in [3.8, 4) is 5.75 Å². The fourth-order valence-electron chi connectivity index (χ4n) is 3.23. The molecule has 0 aliphatic heterocycles. The number of amides is 1. The monoisotopic (exact) mass is 380 g/mol. The molecule has 1 heterocycles. The van der Waals surface area contributed by atoms with Crippen LogP contribution in [0.4, 0.5) is 0 Å². The number of Topliss-reactive ketones (excluding diaryl/α,β-unsaturated/α-hetero) is 1. The standard InChI is InChI=1S/C21H20N2O5/c1-13-18(20(26)21(22)27)19-15(23(13)12-14-6-3-2-4-7-14)8-5-9-16(19)28-11-10-17(24)25/h2-9H,10-12H2,1H3,(H2,22,27)(H,24,25). The van der Waals surface area contributed by atoms with Crippen molar-refractivity contribution in [3.63, 3.8) is 0 Å². The smallest absolute Gasteiger partial charge is 0.306 e. The molecule has 0 aliphatic rings. The number of aliphatic carboxylic acids is 1. The Bertz CT molecular complexity index is 1050. The molecule has 0 saturated heterocycles. The number of ketones is 1. The molecule has 0 saturated carbocycles. The molecule has 0 radical (unpaired) electrons. The van der Waals surface area contributed by atoms with E-state index in [9.17, 15) is 14.4 Å². The van der Waals surface area contributed by atoms with E-state index in [-0.39, 0.29) is 18.6 Å². The van der Waals surface area contributed by atoms with E-state index >= 15 is 0 Å². The van der Waals surface area contributed by atoms with E-state index in [1.54, 1.807) is 19.1 Å². The zero-order valence-corrected chi connectivity index (χ0v) is 15.3. The van der Waals surface area contributed by atoms with Crippen LogP contribution in [0.5, 0.6) is 5.75 Å². The molecule has 0 unspecified atom stereocenters. The molecule has 1 amide bonds. The SMILES string of the molecule is Cc1c(C(=O)C(N)=O)c2c(OCCC(=O)O)cccc2n1Cc1ccccc1. The number of primary amides is 1. The predicted octanol–water partition coefficient (Wildman–Crippen LogP) is 2.52. The Kier molecular flexibility index (Phi) is 5.44. The van der Waals surface area contributed by atoms with Crippen LogP contribution in [-0.4, -0.2) is 33.9 Å². The normalized spacial score (nSPS) is 10.8. The molecule has 7 heteroatoms. The molecule has 0 atom stereocenters. The lowest BCUT2D eigenvalue weighted by Gasteiger charge is -2.10. The van der Waals surface area contributed by atoms with Crippen molar-refractivity contribution in [2.75, 3.05) is 6.61 Å². The van der Waals surface area contributed by atoms with Gasteiger partial charge in [-0.3, -0.25) is 14.4 Å². The Labute approximate surface area is 161 Å². The van der Waals surface area contributed by atoms with E-state index < -0.39 is 17.7 Å². The maximum atomic E-state index is 12.5. The van der Waals surface area contributed by atoms with Gasteiger partial charge >= 0.3 is 5.97 Å². The predicted molar refractivity (Wildman–Crippen MR) is 103 cm³/mol. The number of aromatic nitrogens is 1. The topological polar surface area (TPSA) is 112 Å². The summed E-state index contributed by atoms with van der Waals surface area (Å²) in [5.74, 6) is -2.50. The second-order valence-electron chi connectivity index (χ2n) is 6.37. The van der Waals surface area contributed by atoms with Crippen molar-refractivity contribution in [2.45, 2.75) is 19.9 Å². The van der Waals surface area contributed by atoms with Gasteiger partial charge in [0.25, 0.3) is 11.7 Å². The van der Waals surface area contributed by atoms with Crippen LogP contribution in [0.2, 0.25) is 0 Å². The van der Waals surface area contributed by atoms with Gasteiger partial charge < -0.3 is 20.1 Å². The zero-order chi connectivity index (χ0) is 20.3. The van der Waals surface area contributed by atoms with Crippen LogP contribution in [-0.2, 0) is 16.1 Å². The molecule has 2 aromatic carbocycles. The third kappa shape index (κ3) is 3.73. The number of nitrogens with two attached hydrogens (primary N) is 1. The van der Waals surface area contributed by atoms with E-state index in [1.165, 1.54) is 0 Å². The summed E-state index contributed by atoms with van der Waals surface area (Å²) in [5.41, 5.74) is 7.78. The number of hydrogen-bond acceptors (Lipinski definition) is 4. The van der Waals surface area contributed by atoms with Crippen LogP contribution in [0.15, 0.2) is 48.5 Å². The van der Waals surface area contributed by atoms with E-state index in [0.717, 1.165) is 5.56 Å². The van der Waals surface area contributed by atoms with Gasteiger partial charge in [0.15, 0.2) is 0 Å². The summed E-state index contributed by atoms with van der Waals surface area (Å²) >= 11 is 0. The summed E-state index contributed by atoms with van der Waals surface area (Å²) in [7, 11) is 0. The molecule has 1 aromatic heterocycles. The number of fused-ring (bicyclic) bond motifs is 1. The van der Waals surface area contributed by atoms with E-state index in [4.69, 9.17) is 15.6 Å². The van der Waals surface area contributed by atoms with Crippen molar-refractivity contribution in [3.05, 3.63) is 65.4 Å². The van der Waals surface area contributed by atoms with Gasteiger partial charge in [-0.05, 0) is 24.6 Å². The van der Waals surface area contributed by atoms with E-state index in [0.29, 0.717) is 28.9 Å². The first-order valence-corrected chi connectivity index (χ1v) is 8.74. The van der Waals surface area contributed by atoms with Crippen molar-refractivity contribution in [1.29, 1.82) is 0 Å². The first-order chi connectivity index (χ1) is 13.4. The number of benzene rings is 2. The summed E-state index contributed by atoms with van der Waals surface area (Å²) in [6, 6.07) is 14.9. The molecule has 3 aromatic rings. The van der Waals surface area contributed by atoms with Gasteiger partial charge in [-0.1, -0.05) is 36.4 Å². The van der Waals surface area contributed by atoms with Gasteiger partial charge in [-0.25, -0.2) is 0 Å². The minimum atomic E-state index is -1.05. The van der Waals surface area contributed by atoms with Crippen LogP contribution < -0.4 is 10.5 Å². The Hall–Kier alpha value is -3.61. The maximum absolute atomic E-state index is 12.5. The summed E-state index contributed by atoms with van der Waals surface area (Å²) in [5, 5.41) is 9.30. The fourth-order valence-corrected chi connectivity index (χ4v) is 3.23. The highest BCUT2D eigenvalue weighted by Crippen LogP contribution is 2.34. The van der Waals surface area contributed by atoms with Crippen LogP contribution >= 0.6 is 0 Å². The first kappa shape index (κ1) is 19.2. The lowest BCUT2D eigenvalue weighted by molar-refractivity contribution is -0.137. The number of ether oxygens (including phenoxy) is 1. The number of rotatable bonds is 8. The lowest BCUT2D eigenvalue weighted by Crippen LogP contribution is -2.24. The quantitative estimate of drug-likeness (QED) is 0.461. The van der Waals surface area contributed by atoms with Crippen LogP contribution in [0.1, 0.15) is 28.0 Å². The molecule has 3 rings (SSSR count). The van der Waals surface area contributed by atoms with Crippen LogP contribution in [0.3, 0.4) is 0 Å². The molecular formula is C21H20N2O5. The van der Waals surface area contributed by atoms with E-state index in [1.807, 2.05) is 41.0 Å². The number of carboxylic acid groups (broad SMARTS) is 1. The number of carboxylic acids is 1. The van der Waals surface area contributed by atoms with Crippen molar-refractivity contribution in [2.24, 2.45) is 5.73 Å².